The summed E-state index contributed by atoms with van der Waals surface area (Å²) in [5, 5.41) is 1.01. The van der Waals surface area contributed by atoms with Gasteiger partial charge in [0.1, 0.15) is 11.2 Å². The van der Waals surface area contributed by atoms with Gasteiger partial charge in [-0.05, 0) is 72.6 Å². The van der Waals surface area contributed by atoms with Crippen molar-refractivity contribution in [1.82, 2.24) is 0 Å². The molecule has 1 aromatic heterocycles. The number of hydrogen-bond acceptors (Lipinski definition) is 1. The Bertz CT molecular complexity index is 3150. The first-order valence-electron chi connectivity index (χ1n) is 20.9. The number of rotatable bonds is 4. The van der Waals surface area contributed by atoms with E-state index in [9.17, 15) is 5.48 Å². The Morgan fingerprint density at radius 1 is 0.378 bits per heavy atom. The smallest absolute Gasteiger partial charge is 0.143 e. The van der Waals surface area contributed by atoms with E-state index in [4.69, 9.17) is 16.8 Å². The Hall–Kier alpha value is -5.92. The summed E-state index contributed by atoms with van der Waals surface area (Å²) >= 11 is 0. The summed E-state index contributed by atoms with van der Waals surface area (Å²) in [7, 11) is 0. The van der Waals surface area contributed by atoms with Crippen molar-refractivity contribution in [3.05, 3.63) is 170 Å². The summed E-state index contributed by atoms with van der Waals surface area (Å²) in [6.07, 6.45) is 0. The van der Waals surface area contributed by atoms with Crippen LogP contribution in [0.15, 0.2) is 174 Å². The molecule has 0 unspecified atom stereocenters. The zero-order valence-electron chi connectivity index (χ0n) is 36.6. The number of benzene rings is 8. The van der Waals surface area contributed by atoms with Crippen molar-refractivity contribution in [1.29, 1.82) is 0 Å². The lowest BCUT2D eigenvalue weighted by Crippen LogP contribution is -1.93. The van der Waals surface area contributed by atoms with Gasteiger partial charge < -0.3 is 4.42 Å². The zero-order chi connectivity index (χ0) is 41.1. The standard InChI is InChI=1S/C44H28O/c1-3-15-29(16-4-1)31-19-7-8-20-33(31)41-34-21-9-11-23-36(34)42(37-24-12-10-22-35(37)41)39-28-27-32(30-17-5-2-6-18-30)44-43(39)38-25-13-14-26-40(38)45-44/h1-28H/i1D,3D,4D,9D,10D,11D,12D,15D,16D,21D,22D,23D,24D. The molecular formula is C44H28O. The molecule has 0 saturated heterocycles. The molecule has 0 bridgehead atoms. The Morgan fingerprint density at radius 3 is 1.60 bits per heavy atom. The van der Waals surface area contributed by atoms with Gasteiger partial charge in [0.15, 0.2) is 0 Å². The number of fused-ring (bicyclic) bond motifs is 5. The Labute approximate surface area is 279 Å². The third-order valence-electron chi connectivity index (χ3n) is 8.22. The molecule has 0 amide bonds. The maximum atomic E-state index is 9.51. The summed E-state index contributed by atoms with van der Waals surface area (Å²) in [6.45, 7) is 0. The second-order valence-corrected chi connectivity index (χ2v) is 10.6. The van der Waals surface area contributed by atoms with Crippen LogP contribution in [-0.2, 0) is 0 Å². The minimum absolute atomic E-state index is 0.00985. The maximum absolute atomic E-state index is 9.51. The van der Waals surface area contributed by atoms with Crippen LogP contribution in [-0.4, -0.2) is 0 Å². The van der Waals surface area contributed by atoms with Crippen LogP contribution in [0.1, 0.15) is 17.8 Å². The molecule has 0 aliphatic carbocycles. The molecule has 1 nitrogen and oxygen atoms in total. The molecular weight excluding hydrogens is 544 g/mol. The van der Waals surface area contributed by atoms with Gasteiger partial charge >= 0.3 is 0 Å². The van der Waals surface area contributed by atoms with Crippen LogP contribution >= 0.6 is 0 Å². The zero-order valence-corrected chi connectivity index (χ0v) is 23.6. The van der Waals surface area contributed by atoms with Crippen molar-refractivity contribution in [3.63, 3.8) is 0 Å². The second-order valence-electron chi connectivity index (χ2n) is 10.6. The third-order valence-corrected chi connectivity index (χ3v) is 8.22. The minimum Gasteiger partial charge on any atom is -0.455 e. The monoisotopic (exact) mass is 585 g/mol. The van der Waals surface area contributed by atoms with Crippen molar-refractivity contribution < 1.29 is 22.2 Å². The summed E-state index contributed by atoms with van der Waals surface area (Å²) in [6, 6.07) is 19.7. The largest absolute Gasteiger partial charge is 0.455 e. The number of para-hydroxylation sites is 1. The van der Waals surface area contributed by atoms with E-state index < -0.39 is 78.6 Å². The van der Waals surface area contributed by atoms with Crippen LogP contribution < -0.4 is 0 Å². The van der Waals surface area contributed by atoms with E-state index in [0.29, 0.717) is 27.5 Å². The Kier molecular flexibility index (Phi) is 3.62. The molecule has 45 heavy (non-hydrogen) atoms. The van der Waals surface area contributed by atoms with E-state index in [1.807, 2.05) is 54.6 Å². The van der Waals surface area contributed by atoms with Crippen LogP contribution in [0.4, 0.5) is 0 Å². The molecule has 0 aliphatic heterocycles. The lowest BCUT2D eigenvalue weighted by molar-refractivity contribution is 0.670. The normalized spacial score (nSPS) is 15.6. The second kappa shape index (κ2) is 10.4. The van der Waals surface area contributed by atoms with Crippen LogP contribution in [0.25, 0.3) is 88.0 Å². The molecule has 0 N–H and O–H groups in total. The van der Waals surface area contributed by atoms with E-state index in [2.05, 4.69) is 0 Å². The lowest BCUT2D eigenvalue weighted by atomic mass is 9.83. The molecule has 0 saturated carbocycles. The molecule has 0 atom stereocenters. The third kappa shape index (κ3) is 4.02. The van der Waals surface area contributed by atoms with Crippen molar-refractivity contribution in [2.75, 3.05) is 0 Å². The van der Waals surface area contributed by atoms with Gasteiger partial charge in [0.05, 0.1) is 17.8 Å². The number of hydrogen-bond donors (Lipinski definition) is 0. The molecule has 1 heterocycles. The summed E-state index contributed by atoms with van der Waals surface area (Å²) < 4.78 is 123. The highest BCUT2D eigenvalue weighted by Gasteiger charge is 2.22. The summed E-state index contributed by atoms with van der Waals surface area (Å²) in [5.41, 5.74) is 3.14. The first-order valence-corrected chi connectivity index (χ1v) is 14.4. The highest BCUT2D eigenvalue weighted by Crippen LogP contribution is 2.49. The minimum atomic E-state index is -0.601. The lowest BCUT2D eigenvalue weighted by Gasteiger charge is -2.20. The van der Waals surface area contributed by atoms with E-state index in [0.717, 1.165) is 11.1 Å². The van der Waals surface area contributed by atoms with E-state index >= 15 is 0 Å². The van der Waals surface area contributed by atoms with Crippen LogP contribution in [0.5, 0.6) is 0 Å². The molecule has 9 rings (SSSR count). The van der Waals surface area contributed by atoms with Gasteiger partial charge in [0.2, 0.25) is 0 Å². The molecule has 0 fully saturated rings. The summed E-state index contributed by atoms with van der Waals surface area (Å²) in [4.78, 5) is 0. The first-order chi connectivity index (χ1) is 27.8. The average Bonchev–Trinajstić information content (AvgIpc) is 3.64. The SMILES string of the molecule is [2H]c1c([2H])c([2H])c(-c2ccccc2-c2c3c([2H])c([2H])c([2H])c([2H])c3c(-c3ccc(-c4ccccc4)c4oc5ccccc5c34)c3c([2H])c([2H])c([2H])c([2H])c23)c([2H])c1[2H]. The van der Waals surface area contributed by atoms with Gasteiger partial charge in [-0.15, -0.1) is 0 Å². The van der Waals surface area contributed by atoms with Crippen LogP contribution in [0, 0.1) is 0 Å². The van der Waals surface area contributed by atoms with Crippen molar-refractivity contribution in [2.24, 2.45) is 0 Å². The molecule has 0 radical (unpaired) electrons. The van der Waals surface area contributed by atoms with Gasteiger partial charge in [0, 0.05) is 16.3 Å². The Balaban J connectivity index is 1.57. The average molecular weight is 586 g/mol. The van der Waals surface area contributed by atoms with Gasteiger partial charge in [-0.3, -0.25) is 0 Å². The number of furan rings is 1. The van der Waals surface area contributed by atoms with Crippen molar-refractivity contribution in [3.8, 4) is 44.5 Å². The molecule has 210 valence electrons. The maximum Gasteiger partial charge on any atom is 0.143 e. The molecule has 0 aliphatic rings. The highest BCUT2D eigenvalue weighted by atomic mass is 16.3. The topological polar surface area (TPSA) is 13.1 Å². The van der Waals surface area contributed by atoms with Crippen molar-refractivity contribution in [2.45, 2.75) is 0 Å². The fraction of sp³-hybridized carbons (Fsp3) is 0. The van der Waals surface area contributed by atoms with Crippen molar-refractivity contribution >= 4 is 43.5 Å². The molecule has 9 aromatic rings. The van der Waals surface area contributed by atoms with Crippen LogP contribution in [0.3, 0.4) is 0 Å². The predicted molar refractivity (Wildman–Crippen MR) is 190 cm³/mol. The quantitative estimate of drug-likeness (QED) is 0.187. The van der Waals surface area contributed by atoms with E-state index in [1.54, 1.807) is 30.3 Å². The highest BCUT2D eigenvalue weighted by molar-refractivity contribution is 6.27. The van der Waals surface area contributed by atoms with Gasteiger partial charge in [-0.2, -0.15) is 0 Å². The predicted octanol–water partition coefficient (Wildman–Crippen LogP) is 12.6. The van der Waals surface area contributed by atoms with Gasteiger partial charge in [-0.25, -0.2) is 0 Å². The fourth-order valence-electron chi connectivity index (χ4n) is 6.35. The molecule has 0 spiro atoms. The van der Waals surface area contributed by atoms with Gasteiger partial charge in [0.25, 0.3) is 0 Å². The first kappa shape index (κ1) is 15.7. The van der Waals surface area contributed by atoms with E-state index in [1.165, 1.54) is 6.07 Å². The fourth-order valence-corrected chi connectivity index (χ4v) is 6.35. The molecule has 8 aromatic carbocycles. The summed E-state index contributed by atoms with van der Waals surface area (Å²) in [5.74, 6) is 0. The Morgan fingerprint density at radius 2 is 0.911 bits per heavy atom. The van der Waals surface area contributed by atoms with Crippen LogP contribution in [0.2, 0.25) is 0 Å². The van der Waals surface area contributed by atoms with Gasteiger partial charge in [-0.1, -0.05) is 157 Å². The molecule has 1 heteroatoms. The van der Waals surface area contributed by atoms with E-state index in [-0.39, 0.29) is 49.4 Å².